The Morgan fingerprint density at radius 3 is 2.68 bits per heavy atom. The van der Waals surface area contributed by atoms with Crippen molar-refractivity contribution in [1.82, 2.24) is 14.9 Å². The molecule has 1 N–H and O–H groups in total. The number of nitrogens with zero attached hydrogens (tertiary/aromatic N) is 4. The second kappa shape index (κ2) is 5.33. The zero-order valence-electron chi connectivity index (χ0n) is 12.7. The van der Waals surface area contributed by atoms with Crippen molar-refractivity contribution in [2.24, 2.45) is 0 Å². The molecule has 106 valence electrons. The van der Waals surface area contributed by atoms with Crippen LogP contribution < -0.4 is 10.2 Å². The molecule has 0 spiro atoms. The van der Waals surface area contributed by atoms with Gasteiger partial charge in [0.25, 0.3) is 0 Å². The van der Waals surface area contributed by atoms with Crippen LogP contribution >= 0.6 is 0 Å². The molecule has 1 aliphatic rings. The molecule has 0 amide bonds. The molecule has 5 nitrogen and oxygen atoms in total. The molecule has 2 rings (SSSR count). The third kappa shape index (κ3) is 3.15. The van der Waals surface area contributed by atoms with Crippen LogP contribution in [-0.2, 0) is 0 Å². The number of rotatable bonds is 3. The van der Waals surface area contributed by atoms with E-state index in [1.165, 1.54) is 0 Å². The van der Waals surface area contributed by atoms with Crippen molar-refractivity contribution in [3.8, 4) is 0 Å². The summed E-state index contributed by atoms with van der Waals surface area (Å²) in [6.07, 6.45) is 0. The Hall–Kier alpha value is -1.36. The van der Waals surface area contributed by atoms with Gasteiger partial charge in [0.1, 0.15) is 5.82 Å². The molecule has 1 aromatic rings. The van der Waals surface area contributed by atoms with Crippen molar-refractivity contribution in [1.29, 1.82) is 0 Å². The second-order valence-corrected chi connectivity index (χ2v) is 5.88. The number of aromatic nitrogens is 2. The third-order valence-corrected chi connectivity index (χ3v) is 3.82. The quantitative estimate of drug-likeness (QED) is 0.900. The lowest BCUT2D eigenvalue weighted by Crippen LogP contribution is -2.57. The molecule has 19 heavy (non-hydrogen) atoms. The number of aryl methyl sites for hydroxylation is 1. The van der Waals surface area contributed by atoms with E-state index in [0.29, 0.717) is 0 Å². The van der Waals surface area contributed by atoms with Gasteiger partial charge < -0.3 is 10.2 Å². The monoisotopic (exact) mass is 263 g/mol. The maximum atomic E-state index is 4.62. The second-order valence-electron chi connectivity index (χ2n) is 5.88. The molecule has 1 aliphatic heterocycles. The highest BCUT2D eigenvalue weighted by Gasteiger charge is 2.31. The Balaban J connectivity index is 2.22. The average Bonchev–Trinajstić information content (AvgIpc) is 2.32. The van der Waals surface area contributed by atoms with Gasteiger partial charge in [-0.15, -0.1) is 0 Å². The van der Waals surface area contributed by atoms with Gasteiger partial charge in [0, 0.05) is 43.5 Å². The van der Waals surface area contributed by atoms with Gasteiger partial charge in [0.2, 0.25) is 5.95 Å². The fraction of sp³-hybridized carbons (Fsp3) is 0.714. The van der Waals surface area contributed by atoms with E-state index in [9.17, 15) is 0 Å². The molecule has 0 atom stereocenters. The summed E-state index contributed by atoms with van der Waals surface area (Å²) in [6.45, 7) is 12.5. The number of hydrogen-bond acceptors (Lipinski definition) is 5. The molecular formula is C14H25N5. The highest BCUT2D eigenvalue weighted by Crippen LogP contribution is 2.24. The number of anilines is 2. The topological polar surface area (TPSA) is 44.3 Å². The molecule has 0 aromatic carbocycles. The van der Waals surface area contributed by atoms with Crippen molar-refractivity contribution in [3.63, 3.8) is 0 Å². The Kier molecular flexibility index (Phi) is 3.94. The van der Waals surface area contributed by atoms with Crippen LogP contribution in [0.25, 0.3) is 0 Å². The Morgan fingerprint density at radius 2 is 2.05 bits per heavy atom. The first-order valence-corrected chi connectivity index (χ1v) is 6.98. The average molecular weight is 263 g/mol. The fourth-order valence-electron chi connectivity index (χ4n) is 2.39. The van der Waals surface area contributed by atoms with E-state index in [0.717, 1.165) is 43.6 Å². The fourth-order valence-corrected chi connectivity index (χ4v) is 2.39. The van der Waals surface area contributed by atoms with E-state index in [1.54, 1.807) is 0 Å². The van der Waals surface area contributed by atoms with Crippen LogP contribution in [0.3, 0.4) is 0 Å². The molecule has 5 heteroatoms. The predicted molar refractivity (Wildman–Crippen MR) is 79.9 cm³/mol. The molecule has 2 heterocycles. The third-order valence-electron chi connectivity index (χ3n) is 3.82. The summed E-state index contributed by atoms with van der Waals surface area (Å²) < 4.78 is 0. The minimum absolute atomic E-state index is 0.176. The van der Waals surface area contributed by atoms with E-state index >= 15 is 0 Å². The minimum atomic E-state index is 0.176. The molecule has 0 unspecified atom stereocenters. The van der Waals surface area contributed by atoms with Gasteiger partial charge in [-0.2, -0.15) is 4.98 Å². The van der Waals surface area contributed by atoms with Gasteiger partial charge in [-0.05, 0) is 34.7 Å². The van der Waals surface area contributed by atoms with Crippen LogP contribution in [0.15, 0.2) is 6.07 Å². The molecule has 1 fully saturated rings. The van der Waals surface area contributed by atoms with Crippen molar-refractivity contribution in [2.45, 2.75) is 33.2 Å². The van der Waals surface area contributed by atoms with Gasteiger partial charge in [-0.3, -0.25) is 4.90 Å². The maximum absolute atomic E-state index is 4.62. The smallest absolute Gasteiger partial charge is 0.224 e. The molecular weight excluding hydrogens is 238 g/mol. The number of likely N-dealkylation sites (N-methyl/N-ethyl adjacent to an activating group) is 1. The maximum Gasteiger partial charge on any atom is 0.224 e. The van der Waals surface area contributed by atoms with Crippen molar-refractivity contribution < 1.29 is 0 Å². The van der Waals surface area contributed by atoms with E-state index in [-0.39, 0.29) is 5.54 Å². The molecule has 1 saturated heterocycles. The SMILES string of the molecule is CCNc1nc(C)cc(N2CCN(C)C(C)(C)C2)n1. The van der Waals surface area contributed by atoms with Crippen molar-refractivity contribution in [3.05, 3.63) is 11.8 Å². The first kappa shape index (κ1) is 14.1. The van der Waals surface area contributed by atoms with E-state index < -0.39 is 0 Å². The summed E-state index contributed by atoms with van der Waals surface area (Å²) in [4.78, 5) is 13.8. The van der Waals surface area contributed by atoms with Gasteiger partial charge in [0.15, 0.2) is 0 Å². The number of nitrogens with one attached hydrogen (secondary N) is 1. The summed E-state index contributed by atoms with van der Waals surface area (Å²) in [5, 5.41) is 3.20. The van der Waals surface area contributed by atoms with Crippen LogP contribution in [0, 0.1) is 6.92 Å². The van der Waals surface area contributed by atoms with Crippen LogP contribution in [0.5, 0.6) is 0 Å². The van der Waals surface area contributed by atoms with Crippen LogP contribution in [0.4, 0.5) is 11.8 Å². The normalized spacial score (nSPS) is 19.5. The summed E-state index contributed by atoms with van der Waals surface area (Å²) in [5.74, 6) is 1.76. The standard InChI is InChI=1S/C14H25N5/c1-6-15-13-16-11(2)9-12(17-13)19-8-7-18(5)14(3,4)10-19/h9H,6-8,10H2,1-5H3,(H,15,16,17). The minimum Gasteiger partial charge on any atom is -0.354 e. The van der Waals surface area contributed by atoms with Crippen molar-refractivity contribution >= 4 is 11.8 Å². The zero-order valence-corrected chi connectivity index (χ0v) is 12.7. The predicted octanol–water partition coefficient (Wildman–Crippen LogP) is 1.75. The first-order valence-electron chi connectivity index (χ1n) is 6.98. The van der Waals surface area contributed by atoms with Crippen LogP contribution in [0.2, 0.25) is 0 Å². The molecule has 0 bridgehead atoms. The largest absolute Gasteiger partial charge is 0.354 e. The van der Waals surface area contributed by atoms with Gasteiger partial charge in [-0.1, -0.05) is 0 Å². The number of piperazine rings is 1. The first-order chi connectivity index (χ1) is 8.92. The Morgan fingerprint density at radius 1 is 1.32 bits per heavy atom. The lowest BCUT2D eigenvalue weighted by Gasteiger charge is -2.45. The summed E-state index contributed by atoms with van der Waals surface area (Å²) in [6, 6.07) is 2.07. The highest BCUT2D eigenvalue weighted by atomic mass is 15.3. The van der Waals surface area contributed by atoms with Crippen molar-refractivity contribution in [2.75, 3.05) is 43.4 Å². The Bertz CT molecular complexity index is 443. The summed E-state index contributed by atoms with van der Waals surface area (Å²) >= 11 is 0. The molecule has 0 radical (unpaired) electrons. The van der Waals surface area contributed by atoms with Gasteiger partial charge in [0.05, 0.1) is 0 Å². The highest BCUT2D eigenvalue weighted by molar-refractivity contribution is 5.45. The van der Waals surface area contributed by atoms with Gasteiger partial charge >= 0.3 is 0 Å². The lowest BCUT2D eigenvalue weighted by molar-refractivity contribution is 0.138. The van der Waals surface area contributed by atoms with Crippen LogP contribution in [-0.4, -0.2) is 53.6 Å². The lowest BCUT2D eigenvalue weighted by atomic mass is 10.00. The molecule has 0 aliphatic carbocycles. The van der Waals surface area contributed by atoms with Crippen LogP contribution in [0.1, 0.15) is 26.5 Å². The van der Waals surface area contributed by atoms with E-state index in [2.05, 4.69) is 59.0 Å². The van der Waals surface area contributed by atoms with E-state index in [1.807, 2.05) is 6.92 Å². The van der Waals surface area contributed by atoms with Gasteiger partial charge in [-0.25, -0.2) is 4.98 Å². The summed E-state index contributed by atoms with van der Waals surface area (Å²) in [7, 11) is 2.19. The summed E-state index contributed by atoms with van der Waals surface area (Å²) in [5.41, 5.74) is 1.19. The van der Waals surface area contributed by atoms with E-state index in [4.69, 9.17) is 0 Å². The molecule has 0 saturated carbocycles. The zero-order chi connectivity index (χ0) is 14.0. The molecule has 1 aromatic heterocycles. The number of hydrogen-bond donors (Lipinski definition) is 1. The Labute approximate surface area is 116 Å².